The third kappa shape index (κ3) is 2.78. The van der Waals surface area contributed by atoms with Gasteiger partial charge in [-0.3, -0.25) is 0 Å². The average molecular weight is 281 g/mol. The van der Waals surface area contributed by atoms with Crippen molar-refractivity contribution in [2.24, 2.45) is 5.73 Å². The van der Waals surface area contributed by atoms with Crippen molar-refractivity contribution in [3.8, 4) is 17.1 Å². The minimum Gasteiger partial charge on any atom is -0.497 e. The number of methoxy groups -OCH3 is 1. The Morgan fingerprint density at radius 1 is 1.10 bits per heavy atom. The van der Waals surface area contributed by atoms with Crippen LogP contribution in [0, 0.1) is 0 Å². The Hall–Kier alpha value is -2.66. The summed E-state index contributed by atoms with van der Waals surface area (Å²) >= 11 is 0. The molecule has 0 saturated carbocycles. The highest BCUT2D eigenvalue weighted by Gasteiger charge is 2.17. The summed E-state index contributed by atoms with van der Waals surface area (Å²) in [5.41, 5.74) is 7.90. The Balaban J connectivity index is 1.89. The van der Waals surface area contributed by atoms with Crippen LogP contribution in [0.5, 0.6) is 5.75 Å². The number of ether oxygens (including phenoxy) is 1. The predicted molar refractivity (Wildman–Crippen MR) is 78.8 cm³/mol. The smallest absolute Gasteiger partial charge is 0.248 e. The maximum atomic E-state index is 6.14. The van der Waals surface area contributed by atoms with Crippen LogP contribution in [-0.2, 0) is 0 Å². The van der Waals surface area contributed by atoms with Gasteiger partial charge < -0.3 is 15.0 Å². The first-order valence-electron chi connectivity index (χ1n) is 6.56. The number of aromatic nitrogens is 2. The molecule has 0 amide bonds. The van der Waals surface area contributed by atoms with Gasteiger partial charge in [0.15, 0.2) is 0 Å². The van der Waals surface area contributed by atoms with Gasteiger partial charge in [0.25, 0.3) is 0 Å². The quantitative estimate of drug-likeness (QED) is 0.796. The molecule has 0 unspecified atom stereocenters. The first-order valence-corrected chi connectivity index (χ1v) is 6.56. The molecule has 0 fully saturated rings. The van der Waals surface area contributed by atoms with E-state index in [0.717, 1.165) is 16.9 Å². The number of rotatable bonds is 4. The van der Waals surface area contributed by atoms with Crippen molar-refractivity contribution in [3.05, 3.63) is 66.1 Å². The van der Waals surface area contributed by atoms with Gasteiger partial charge in [0.2, 0.25) is 11.7 Å². The summed E-state index contributed by atoms with van der Waals surface area (Å²) in [5, 5.41) is 3.99. The second-order valence-corrected chi connectivity index (χ2v) is 4.58. The molecule has 1 atom stereocenters. The monoisotopic (exact) mass is 281 g/mol. The first-order chi connectivity index (χ1) is 10.3. The molecule has 0 aliphatic carbocycles. The molecule has 1 heterocycles. The molecule has 3 rings (SSSR count). The van der Waals surface area contributed by atoms with Gasteiger partial charge in [-0.1, -0.05) is 47.6 Å². The number of nitrogens with zero attached hydrogens (tertiary/aromatic N) is 2. The van der Waals surface area contributed by atoms with E-state index in [4.69, 9.17) is 15.0 Å². The minimum atomic E-state index is -0.432. The van der Waals surface area contributed by atoms with Crippen LogP contribution in [0.25, 0.3) is 11.4 Å². The maximum Gasteiger partial charge on any atom is 0.248 e. The molecular formula is C16H15N3O2. The highest BCUT2D eigenvalue weighted by atomic mass is 16.5. The van der Waals surface area contributed by atoms with Crippen molar-refractivity contribution in [2.75, 3.05) is 7.11 Å². The summed E-state index contributed by atoms with van der Waals surface area (Å²) in [6, 6.07) is 16.7. The van der Waals surface area contributed by atoms with Crippen LogP contribution in [0.2, 0.25) is 0 Å². The lowest BCUT2D eigenvalue weighted by Crippen LogP contribution is -2.11. The molecule has 5 nitrogen and oxygen atoms in total. The zero-order valence-corrected chi connectivity index (χ0v) is 11.6. The predicted octanol–water partition coefficient (Wildman–Crippen LogP) is 2.79. The zero-order valence-electron chi connectivity index (χ0n) is 11.6. The van der Waals surface area contributed by atoms with Crippen LogP contribution in [0.1, 0.15) is 17.5 Å². The van der Waals surface area contributed by atoms with E-state index < -0.39 is 6.04 Å². The van der Waals surface area contributed by atoms with Crippen molar-refractivity contribution < 1.29 is 9.26 Å². The molecule has 0 saturated heterocycles. The van der Waals surface area contributed by atoms with Crippen LogP contribution < -0.4 is 10.5 Å². The highest BCUT2D eigenvalue weighted by molar-refractivity contribution is 5.56. The largest absolute Gasteiger partial charge is 0.497 e. The Labute approximate surface area is 122 Å². The van der Waals surface area contributed by atoms with Gasteiger partial charge in [0.05, 0.1) is 7.11 Å². The van der Waals surface area contributed by atoms with Gasteiger partial charge in [-0.2, -0.15) is 4.98 Å². The van der Waals surface area contributed by atoms with E-state index in [-0.39, 0.29) is 0 Å². The molecule has 1 aromatic heterocycles. The minimum absolute atomic E-state index is 0.388. The zero-order chi connectivity index (χ0) is 14.7. The van der Waals surface area contributed by atoms with E-state index in [1.807, 2.05) is 54.6 Å². The topological polar surface area (TPSA) is 74.2 Å². The van der Waals surface area contributed by atoms with Gasteiger partial charge in [0.1, 0.15) is 11.8 Å². The summed E-state index contributed by atoms with van der Waals surface area (Å²) in [6.07, 6.45) is 0. The Morgan fingerprint density at radius 2 is 1.90 bits per heavy atom. The van der Waals surface area contributed by atoms with Crippen LogP contribution in [-0.4, -0.2) is 17.3 Å². The normalized spacial score (nSPS) is 12.1. The number of benzene rings is 2. The Kier molecular flexibility index (Phi) is 3.66. The number of hydrogen-bond donors (Lipinski definition) is 1. The fourth-order valence-electron chi connectivity index (χ4n) is 2.04. The van der Waals surface area contributed by atoms with E-state index in [0.29, 0.717) is 11.7 Å². The molecule has 2 N–H and O–H groups in total. The van der Waals surface area contributed by atoms with Crippen molar-refractivity contribution >= 4 is 0 Å². The van der Waals surface area contributed by atoms with Crippen molar-refractivity contribution in [1.82, 2.24) is 10.1 Å². The Morgan fingerprint density at radius 3 is 2.67 bits per heavy atom. The van der Waals surface area contributed by atoms with Crippen LogP contribution in [0.15, 0.2) is 59.1 Å². The van der Waals surface area contributed by atoms with E-state index in [9.17, 15) is 0 Å². The fraction of sp³-hybridized carbons (Fsp3) is 0.125. The van der Waals surface area contributed by atoms with E-state index in [1.165, 1.54) is 0 Å². The van der Waals surface area contributed by atoms with Crippen LogP contribution >= 0.6 is 0 Å². The molecule has 2 aromatic carbocycles. The first kappa shape index (κ1) is 13.3. The van der Waals surface area contributed by atoms with Crippen molar-refractivity contribution in [1.29, 1.82) is 0 Å². The van der Waals surface area contributed by atoms with Crippen LogP contribution in [0.3, 0.4) is 0 Å². The third-order valence-electron chi connectivity index (χ3n) is 3.19. The summed E-state index contributed by atoms with van der Waals surface area (Å²) in [4.78, 5) is 4.37. The standard InChI is InChI=1S/C16H15N3O2/c1-20-13-9-5-8-12(10-13)15-18-16(21-19-15)14(17)11-6-3-2-4-7-11/h2-10,14H,17H2,1H3/t14-/m1/s1. The fourth-order valence-corrected chi connectivity index (χ4v) is 2.04. The Bertz CT molecular complexity index is 725. The molecule has 0 bridgehead atoms. The molecular weight excluding hydrogens is 266 g/mol. The summed E-state index contributed by atoms with van der Waals surface area (Å²) in [7, 11) is 1.62. The number of nitrogens with two attached hydrogens (primary N) is 1. The van der Waals surface area contributed by atoms with Gasteiger partial charge >= 0.3 is 0 Å². The molecule has 106 valence electrons. The van der Waals surface area contributed by atoms with Crippen LogP contribution in [0.4, 0.5) is 0 Å². The average Bonchev–Trinajstić information content (AvgIpc) is 3.05. The summed E-state index contributed by atoms with van der Waals surface area (Å²) in [6.45, 7) is 0. The van der Waals surface area contributed by atoms with Gasteiger partial charge in [0, 0.05) is 5.56 Å². The number of hydrogen-bond acceptors (Lipinski definition) is 5. The molecule has 0 aliphatic rings. The van der Waals surface area contributed by atoms with Gasteiger partial charge in [-0.25, -0.2) is 0 Å². The van der Waals surface area contributed by atoms with Crippen molar-refractivity contribution in [3.63, 3.8) is 0 Å². The second-order valence-electron chi connectivity index (χ2n) is 4.58. The maximum absolute atomic E-state index is 6.14. The molecule has 3 aromatic rings. The summed E-state index contributed by atoms with van der Waals surface area (Å²) in [5.74, 6) is 1.63. The molecule has 0 aliphatic heterocycles. The molecule has 0 spiro atoms. The lowest BCUT2D eigenvalue weighted by molar-refractivity contribution is 0.367. The molecule has 0 radical (unpaired) electrons. The SMILES string of the molecule is COc1cccc(-c2noc([C@H](N)c3ccccc3)n2)c1. The van der Waals surface area contributed by atoms with Crippen molar-refractivity contribution in [2.45, 2.75) is 6.04 Å². The van der Waals surface area contributed by atoms with E-state index in [1.54, 1.807) is 7.11 Å². The van der Waals surface area contributed by atoms with E-state index in [2.05, 4.69) is 10.1 Å². The summed E-state index contributed by atoms with van der Waals surface area (Å²) < 4.78 is 10.5. The second kappa shape index (κ2) is 5.76. The van der Waals surface area contributed by atoms with Gasteiger partial charge in [-0.05, 0) is 17.7 Å². The highest BCUT2D eigenvalue weighted by Crippen LogP contribution is 2.24. The third-order valence-corrected chi connectivity index (χ3v) is 3.19. The lowest BCUT2D eigenvalue weighted by atomic mass is 10.1. The van der Waals surface area contributed by atoms with Gasteiger partial charge in [-0.15, -0.1) is 0 Å². The molecule has 5 heteroatoms. The molecule has 21 heavy (non-hydrogen) atoms. The van der Waals surface area contributed by atoms with E-state index >= 15 is 0 Å². The lowest BCUT2D eigenvalue weighted by Gasteiger charge is -2.05.